The van der Waals surface area contributed by atoms with Crippen LogP contribution in [0.3, 0.4) is 0 Å². The third kappa shape index (κ3) is 6.56. The molecule has 0 unspecified atom stereocenters. The number of amides is 1. The van der Waals surface area contributed by atoms with Crippen LogP contribution in [0.5, 0.6) is 5.75 Å². The van der Waals surface area contributed by atoms with Crippen LogP contribution in [0.25, 0.3) is 22.2 Å². The third-order valence-electron chi connectivity index (χ3n) is 7.49. The number of carbonyl (C=O) groups is 1. The smallest absolute Gasteiger partial charge is 0.248 e. The second-order valence-electron chi connectivity index (χ2n) is 10.1. The van der Waals surface area contributed by atoms with Crippen LogP contribution in [0.15, 0.2) is 67.0 Å². The predicted octanol–water partition coefficient (Wildman–Crippen LogP) is 5.06. The third-order valence-corrected chi connectivity index (χ3v) is 7.49. The van der Waals surface area contributed by atoms with Crippen LogP contribution in [0.2, 0.25) is 0 Å². The number of carbonyl (C=O) groups excluding carboxylic acids is 1. The Kier molecular flexibility index (Phi) is 9.35. The molecule has 0 spiro atoms. The number of anilines is 4. The molecule has 10 nitrogen and oxygen atoms in total. The van der Waals surface area contributed by atoms with Crippen molar-refractivity contribution in [2.24, 2.45) is 7.05 Å². The summed E-state index contributed by atoms with van der Waals surface area (Å²) >= 11 is 0. The van der Waals surface area contributed by atoms with Crippen molar-refractivity contribution in [3.63, 3.8) is 0 Å². The number of methoxy groups -OCH3 is 1. The standard InChI is InChI=1S/C32H39N7O3/c1-5-39(6-2)29-21-30(41-4)27(20-26(29)34-31(40)12-9-15-38-16-18-42-19-17-38)36-32-33-14-13-25(35-32)24-22-37(3)28-11-8-7-10-23(24)28/h7-14,20-22H,5-6,15-19H2,1-4H3,(H,34,40)(H,33,35,36)/b12-9+. The number of fused-ring (bicyclic) bond motifs is 1. The zero-order chi connectivity index (χ0) is 29.5. The van der Waals surface area contributed by atoms with Crippen LogP contribution >= 0.6 is 0 Å². The number of rotatable bonds is 11. The Morgan fingerprint density at radius 1 is 1.12 bits per heavy atom. The molecule has 3 heterocycles. The highest BCUT2D eigenvalue weighted by Gasteiger charge is 2.18. The van der Waals surface area contributed by atoms with Gasteiger partial charge in [-0.25, -0.2) is 9.97 Å². The van der Waals surface area contributed by atoms with Gasteiger partial charge in [-0.1, -0.05) is 24.3 Å². The van der Waals surface area contributed by atoms with Crippen molar-refractivity contribution < 1.29 is 14.3 Å². The number of nitrogens with zero attached hydrogens (tertiary/aromatic N) is 5. The largest absolute Gasteiger partial charge is 0.494 e. The van der Waals surface area contributed by atoms with E-state index in [9.17, 15) is 4.79 Å². The molecule has 2 aromatic carbocycles. The molecule has 4 aromatic rings. The molecule has 0 atom stereocenters. The lowest BCUT2D eigenvalue weighted by Gasteiger charge is -2.26. The highest BCUT2D eigenvalue weighted by atomic mass is 16.5. The highest BCUT2D eigenvalue weighted by molar-refractivity contribution is 6.02. The van der Waals surface area contributed by atoms with Crippen molar-refractivity contribution >= 4 is 39.8 Å². The van der Waals surface area contributed by atoms with Gasteiger partial charge in [-0.2, -0.15) is 0 Å². The van der Waals surface area contributed by atoms with E-state index in [-0.39, 0.29) is 5.91 Å². The van der Waals surface area contributed by atoms with E-state index < -0.39 is 0 Å². The summed E-state index contributed by atoms with van der Waals surface area (Å²) < 4.78 is 13.3. The molecule has 0 saturated carbocycles. The zero-order valence-corrected chi connectivity index (χ0v) is 24.8. The van der Waals surface area contributed by atoms with Crippen molar-refractivity contribution in [3.8, 4) is 17.0 Å². The average Bonchev–Trinajstić information content (AvgIpc) is 3.35. The molecule has 1 amide bonds. The van der Waals surface area contributed by atoms with Crippen LogP contribution in [0.4, 0.5) is 23.0 Å². The number of ether oxygens (including phenoxy) is 2. The van der Waals surface area contributed by atoms with Gasteiger partial charge in [-0.3, -0.25) is 9.69 Å². The highest BCUT2D eigenvalue weighted by Crippen LogP contribution is 2.38. The number of aryl methyl sites for hydroxylation is 1. The first-order chi connectivity index (χ1) is 20.5. The first-order valence-corrected chi connectivity index (χ1v) is 14.4. The van der Waals surface area contributed by atoms with Gasteiger partial charge in [0.15, 0.2) is 0 Å². The number of hydrogen-bond acceptors (Lipinski definition) is 8. The number of benzene rings is 2. The Morgan fingerprint density at radius 3 is 2.67 bits per heavy atom. The van der Waals surface area contributed by atoms with Crippen molar-refractivity contribution in [1.82, 2.24) is 19.4 Å². The number of nitrogens with one attached hydrogen (secondary N) is 2. The summed E-state index contributed by atoms with van der Waals surface area (Å²) in [6, 6.07) is 14.0. The topological polar surface area (TPSA) is 96.8 Å². The van der Waals surface area contributed by atoms with Gasteiger partial charge in [0.25, 0.3) is 0 Å². The van der Waals surface area contributed by atoms with E-state index >= 15 is 0 Å². The second-order valence-corrected chi connectivity index (χ2v) is 10.1. The van der Waals surface area contributed by atoms with Gasteiger partial charge in [0.1, 0.15) is 5.75 Å². The van der Waals surface area contributed by atoms with E-state index in [0.717, 1.165) is 67.2 Å². The minimum Gasteiger partial charge on any atom is -0.494 e. The fourth-order valence-corrected chi connectivity index (χ4v) is 5.26. The molecule has 0 bridgehead atoms. The molecule has 42 heavy (non-hydrogen) atoms. The Labute approximate surface area is 247 Å². The Morgan fingerprint density at radius 2 is 1.90 bits per heavy atom. The summed E-state index contributed by atoms with van der Waals surface area (Å²) in [7, 11) is 3.66. The van der Waals surface area contributed by atoms with E-state index in [1.54, 1.807) is 19.4 Å². The van der Waals surface area contributed by atoms with Crippen molar-refractivity contribution in [3.05, 3.63) is 67.0 Å². The average molecular weight is 570 g/mol. The van der Waals surface area contributed by atoms with Gasteiger partial charge >= 0.3 is 0 Å². The lowest BCUT2D eigenvalue weighted by Crippen LogP contribution is -2.36. The summed E-state index contributed by atoms with van der Waals surface area (Å²) in [5, 5.41) is 7.54. The fourth-order valence-electron chi connectivity index (χ4n) is 5.26. The van der Waals surface area contributed by atoms with Crippen LogP contribution in [0, 0.1) is 0 Å². The van der Waals surface area contributed by atoms with Gasteiger partial charge in [0.2, 0.25) is 11.9 Å². The van der Waals surface area contributed by atoms with E-state index in [4.69, 9.17) is 14.5 Å². The number of morpholine rings is 1. The van der Waals surface area contributed by atoms with Gasteiger partial charge in [-0.05, 0) is 32.0 Å². The van der Waals surface area contributed by atoms with E-state index in [1.807, 2.05) is 43.5 Å². The molecule has 1 aliphatic rings. The van der Waals surface area contributed by atoms with Crippen LogP contribution in [0.1, 0.15) is 13.8 Å². The molecule has 1 fully saturated rings. The maximum atomic E-state index is 13.0. The molecular formula is C32H39N7O3. The molecule has 0 radical (unpaired) electrons. The Bertz CT molecular complexity index is 1560. The molecule has 5 rings (SSSR count). The van der Waals surface area contributed by atoms with Gasteiger partial charge in [0, 0.05) is 80.8 Å². The number of para-hydroxylation sites is 1. The molecule has 10 heteroatoms. The second kappa shape index (κ2) is 13.5. The predicted molar refractivity (Wildman–Crippen MR) is 169 cm³/mol. The first kappa shape index (κ1) is 29.1. The lowest BCUT2D eigenvalue weighted by molar-refractivity contribution is -0.111. The molecule has 2 N–H and O–H groups in total. The van der Waals surface area contributed by atoms with Crippen molar-refractivity contribution in [2.45, 2.75) is 13.8 Å². The zero-order valence-electron chi connectivity index (χ0n) is 24.8. The minimum atomic E-state index is -0.193. The molecule has 1 aliphatic heterocycles. The van der Waals surface area contributed by atoms with Crippen LogP contribution in [-0.4, -0.2) is 78.4 Å². The Balaban J connectivity index is 1.42. The molecule has 2 aromatic heterocycles. The van der Waals surface area contributed by atoms with E-state index in [1.165, 1.54) is 0 Å². The quantitative estimate of drug-likeness (QED) is 0.242. The van der Waals surface area contributed by atoms with Gasteiger partial charge in [0.05, 0.1) is 43.1 Å². The lowest BCUT2D eigenvalue weighted by atomic mass is 10.1. The van der Waals surface area contributed by atoms with E-state index in [2.05, 4.69) is 62.2 Å². The molecular weight excluding hydrogens is 530 g/mol. The SMILES string of the molecule is CCN(CC)c1cc(OC)c(Nc2nccc(-c3cn(C)c4ccccc34)n2)cc1NC(=O)/C=C/CN1CCOCC1. The van der Waals surface area contributed by atoms with Crippen molar-refractivity contribution in [1.29, 1.82) is 0 Å². The first-order valence-electron chi connectivity index (χ1n) is 14.4. The van der Waals surface area contributed by atoms with E-state index in [0.29, 0.717) is 29.6 Å². The summed E-state index contributed by atoms with van der Waals surface area (Å²) in [6.07, 6.45) is 7.31. The minimum absolute atomic E-state index is 0.193. The summed E-state index contributed by atoms with van der Waals surface area (Å²) in [5.74, 6) is 0.857. The van der Waals surface area contributed by atoms with Crippen LogP contribution < -0.4 is 20.3 Å². The summed E-state index contributed by atoms with van der Waals surface area (Å²) in [5.41, 5.74) is 5.17. The monoisotopic (exact) mass is 569 g/mol. The van der Waals surface area contributed by atoms with Gasteiger partial charge < -0.3 is 29.6 Å². The van der Waals surface area contributed by atoms with Crippen LogP contribution in [-0.2, 0) is 16.6 Å². The van der Waals surface area contributed by atoms with Crippen molar-refractivity contribution in [2.75, 3.05) is 68.6 Å². The maximum Gasteiger partial charge on any atom is 0.248 e. The molecule has 1 saturated heterocycles. The number of hydrogen-bond donors (Lipinski definition) is 2. The fraction of sp³-hybridized carbons (Fsp3) is 0.344. The molecule has 0 aliphatic carbocycles. The maximum absolute atomic E-state index is 13.0. The Hall–Kier alpha value is -4.41. The number of aromatic nitrogens is 3. The van der Waals surface area contributed by atoms with Gasteiger partial charge in [-0.15, -0.1) is 0 Å². The summed E-state index contributed by atoms with van der Waals surface area (Å²) in [4.78, 5) is 26.7. The molecule has 220 valence electrons. The normalized spacial score (nSPS) is 13.9. The summed E-state index contributed by atoms with van der Waals surface area (Å²) in [6.45, 7) is 9.62.